The van der Waals surface area contributed by atoms with E-state index in [1.807, 2.05) is 54.6 Å². The number of benzene rings is 2. The molecule has 6 heteroatoms. The first kappa shape index (κ1) is 20.8. The third-order valence-electron chi connectivity index (χ3n) is 5.23. The van der Waals surface area contributed by atoms with Crippen molar-refractivity contribution >= 4 is 11.6 Å². The van der Waals surface area contributed by atoms with Crippen LogP contribution in [0.5, 0.6) is 11.5 Å². The molecule has 0 spiro atoms. The average Bonchev–Trinajstić information content (AvgIpc) is 2.77. The van der Waals surface area contributed by atoms with E-state index in [9.17, 15) is 10.2 Å². The molecule has 0 bridgehead atoms. The normalized spacial score (nSPS) is 21.4. The summed E-state index contributed by atoms with van der Waals surface area (Å²) in [5.74, 6) is 1.49. The standard InChI is InChI=1S/C24H24ClNO4/c25-23-6-3-17(24-14-19(28)13-22(15-27)30-24)12-18(23)11-16-1-4-20(5-2-16)29-21-7-9-26-10-8-21/h1-10,12,19,22,24,27-28H,11,13-15H2. The van der Waals surface area contributed by atoms with Gasteiger partial charge in [-0.05, 0) is 53.4 Å². The molecule has 2 aromatic carbocycles. The highest BCUT2D eigenvalue weighted by molar-refractivity contribution is 6.31. The van der Waals surface area contributed by atoms with E-state index in [4.69, 9.17) is 21.1 Å². The number of nitrogens with zero attached hydrogens (tertiary/aromatic N) is 1. The van der Waals surface area contributed by atoms with Crippen LogP contribution in [0.15, 0.2) is 67.0 Å². The highest BCUT2D eigenvalue weighted by Gasteiger charge is 2.29. The molecule has 1 fully saturated rings. The molecule has 0 amide bonds. The molecule has 3 aromatic rings. The van der Waals surface area contributed by atoms with E-state index in [1.54, 1.807) is 12.4 Å². The van der Waals surface area contributed by atoms with Crippen molar-refractivity contribution in [3.05, 3.63) is 88.7 Å². The molecule has 0 radical (unpaired) electrons. The Labute approximate surface area is 180 Å². The highest BCUT2D eigenvalue weighted by Crippen LogP contribution is 2.34. The molecule has 2 N–H and O–H groups in total. The summed E-state index contributed by atoms with van der Waals surface area (Å²) in [6.07, 6.45) is 3.95. The van der Waals surface area contributed by atoms with Gasteiger partial charge in [0.05, 0.1) is 24.9 Å². The van der Waals surface area contributed by atoms with Gasteiger partial charge in [-0.25, -0.2) is 0 Å². The van der Waals surface area contributed by atoms with E-state index in [2.05, 4.69) is 4.98 Å². The third-order valence-corrected chi connectivity index (χ3v) is 5.60. The number of hydrogen-bond acceptors (Lipinski definition) is 5. The van der Waals surface area contributed by atoms with Gasteiger partial charge in [0.15, 0.2) is 0 Å². The van der Waals surface area contributed by atoms with Crippen molar-refractivity contribution in [3.63, 3.8) is 0 Å². The molecular weight excluding hydrogens is 402 g/mol. The molecule has 1 aromatic heterocycles. The summed E-state index contributed by atoms with van der Waals surface area (Å²) in [7, 11) is 0. The zero-order valence-corrected chi connectivity index (χ0v) is 17.2. The van der Waals surface area contributed by atoms with E-state index < -0.39 is 6.10 Å². The summed E-state index contributed by atoms with van der Waals surface area (Å²) in [6, 6.07) is 17.3. The highest BCUT2D eigenvalue weighted by atomic mass is 35.5. The van der Waals surface area contributed by atoms with Gasteiger partial charge in [0.2, 0.25) is 0 Å². The number of aliphatic hydroxyl groups excluding tert-OH is 2. The predicted octanol–water partition coefficient (Wildman–Crippen LogP) is 4.69. The minimum absolute atomic E-state index is 0.0953. The van der Waals surface area contributed by atoms with Gasteiger partial charge in [-0.2, -0.15) is 0 Å². The number of aliphatic hydroxyl groups is 2. The summed E-state index contributed by atoms with van der Waals surface area (Å²) >= 11 is 6.45. The molecule has 0 aliphatic carbocycles. The van der Waals surface area contributed by atoms with E-state index in [1.165, 1.54) is 0 Å². The van der Waals surface area contributed by atoms with Gasteiger partial charge in [-0.3, -0.25) is 4.98 Å². The second-order valence-electron chi connectivity index (χ2n) is 7.51. The van der Waals surface area contributed by atoms with Gasteiger partial charge >= 0.3 is 0 Å². The van der Waals surface area contributed by atoms with Gasteiger partial charge in [0, 0.05) is 30.3 Å². The molecule has 3 unspecified atom stereocenters. The van der Waals surface area contributed by atoms with Crippen LogP contribution >= 0.6 is 11.6 Å². The number of rotatable bonds is 6. The SMILES string of the molecule is OCC1CC(O)CC(c2ccc(Cl)c(Cc3ccc(Oc4ccncc4)cc3)c2)O1. The lowest BCUT2D eigenvalue weighted by molar-refractivity contribution is -0.113. The van der Waals surface area contributed by atoms with Gasteiger partial charge in [-0.1, -0.05) is 35.9 Å². The Balaban J connectivity index is 1.47. The number of aromatic nitrogens is 1. The molecular formula is C24H24ClNO4. The van der Waals surface area contributed by atoms with Crippen LogP contribution in [0.2, 0.25) is 5.02 Å². The second-order valence-corrected chi connectivity index (χ2v) is 7.92. The second kappa shape index (κ2) is 9.58. The van der Waals surface area contributed by atoms with E-state index in [0.717, 1.165) is 28.2 Å². The van der Waals surface area contributed by atoms with Crippen LogP contribution in [0.4, 0.5) is 0 Å². The first-order valence-electron chi connectivity index (χ1n) is 10.00. The van der Waals surface area contributed by atoms with Gasteiger partial charge in [0.1, 0.15) is 11.5 Å². The quantitative estimate of drug-likeness (QED) is 0.599. The fraction of sp³-hybridized carbons (Fsp3) is 0.292. The largest absolute Gasteiger partial charge is 0.457 e. The van der Waals surface area contributed by atoms with Crippen molar-refractivity contribution in [3.8, 4) is 11.5 Å². The third kappa shape index (κ3) is 5.18. The van der Waals surface area contributed by atoms with Gasteiger partial charge in [-0.15, -0.1) is 0 Å². The van der Waals surface area contributed by atoms with Crippen LogP contribution in [0.1, 0.15) is 35.6 Å². The topological polar surface area (TPSA) is 71.8 Å². The molecule has 2 heterocycles. The van der Waals surface area contributed by atoms with Crippen molar-refractivity contribution in [2.24, 2.45) is 0 Å². The first-order chi connectivity index (χ1) is 14.6. The molecule has 1 aliphatic heterocycles. The fourth-order valence-electron chi connectivity index (χ4n) is 3.69. The van der Waals surface area contributed by atoms with Crippen molar-refractivity contribution in [1.29, 1.82) is 0 Å². The molecule has 4 rings (SSSR count). The van der Waals surface area contributed by atoms with Crippen LogP contribution < -0.4 is 4.74 Å². The Bertz CT molecular complexity index is 965. The fourth-order valence-corrected chi connectivity index (χ4v) is 3.87. The van der Waals surface area contributed by atoms with Crippen LogP contribution in [-0.4, -0.2) is 34.0 Å². The van der Waals surface area contributed by atoms with Crippen LogP contribution in [0, 0.1) is 0 Å². The summed E-state index contributed by atoms with van der Waals surface area (Å²) in [4.78, 5) is 3.98. The minimum atomic E-state index is -0.479. The van der Waals surface area contributed by atoms with E-state index in [-0.39, 0.29) is 18.8 Å². The van der Waals surface area contributed by atoms with Gasteiger partial charge < -0.3 is 19.7 Å². The van der Waals surface area contributed by atoms with Crippen LogP contribution in [0.3, 0.4) is 0 Å². The number of ether oxygens (including phenoxy) is 2. The first-order valence-corrected chi connectivity index (χ1v) is 10.4. The maximum absolute atomic E-state index is 10.1. The van der Waals surface area contributed by atoms with Crippen molar-refractivity contribution in [2.45, 2.75) is 37.6 Å². The molecule has 0 saturated carbocycles. The number of hydrogen-bond donors (Lipinski definition) is 2. The molecule has 156 valence electrons. The molecule has 1 saturated heterocycles. The van der Waals surface area contributed by atoms with Crippen molar-refractivity contribution < 1.29 is 19.7 Å². The van der Waals surface area contributed by atoms with E-state index in [0.29, 0.717) is 24.3 Å². The van der Waals surface area contributed by atoms with Crippen molar-refractivity contribution in [2.75, 3.05) is 6.61 Å². The number of halogens is 1. The Morgan fingerprint density at radius 1 is 1.00 bits per heavy atom. The Hall–Kier alpha value is -2.44. The molecule has 3 atom stereocenters. The zero-order chi connectivity index (χ0) is 20.9. The Kier molecular flexibility index (Phi) is 6.65. The lowest BCUT2D eigenvalue weighted by Gasteiger charge is -2.32. The summed E-state index contributed by atoms with van der Waals surface area (Å²) < 4.78 is 11.7. The zero-order valence-electron chi connectivity index (χ0n) is 16.4. The predicted molar refractivity (Wildman–Crippen MR) is 115 cm³/mol. The monoisotopic (exact) mass is 425 g/mol. The average molecular weight is 426 g/mol. The molecule has 1 aliphatic rings. The Morgan fingerprint density at radius 3 is 2.47 bits per heavy atom. The summed E-state index contributed by atoms with van der Waals surface area (Å²) in [6.45, 7) is -0.0953. The van der Waals surface area contributed by atoms with Crippen LogP contribution in [-0.2, 0) is 11.2 Å². The lowest BCUT2D eigenvalue weighted by Crippen LogP contribution is -2.33. The smallest absolute Gasteiger partial charge is 0.130 e. The minimum Gasteiger partial charge on any atom is -0.457 e. The maximum atomic E-state index is 10.1. The molecule has 5 nitrogen and oxygen atoms in total. The summed E-state index contributed by atoms with van der Waals surface area (Å²) in [5, 5.41) is 20.2. The van der Waals surface area contributed by atoms with Crippen LogP contribution in [0.25, 0.3) is 0 Å². The van der Waals surface area contributed by atoms with Crippen molar-refractivity contribution in [1.82, 2.24) is 4.98 Å². The van der Waals surface area contributed by atoms with E-state index >= 15 is 0 Å². The summed E-state index contributed by atoms with van der Waals surface area (Å²) in [5.41, 5.74) is 3.05. The lowest BCUT2D eigenvalue weighted by atomic mass is 9.94. The Morgan fingerprint density at radius 2 is 1.73 bits per heavy atom. The maximum Gasteiger partial charge on any atom is 0.130 e. The molecule has 30 heavy (non-hydrogen) atoms. The number of pyridine rings is 1. The van der Waals surface area contributed by atoms with Gasteiger partial charge in [0.25, 0.3) is 0 Å².